The number of hydrogen-bond donors (Lipinski definition) is 1. The molecule has 88 valence electrons. The van der Waals surface area contributed by atoms with Gasteiger partial charge in [-0.25, -0.2) is 4.39 Å². The molecule has 1 amide bonds. The van der Waals surface area contributed by atoms with E-state index in [1.165, 1.54) is 18.2 Å². The molecule has 0 aliphatic heterocycles. The summed E-state index contributed by atoms with van der Waals surface area (Å²) in [5, 5.41) is 0. The number of halogens is 1. The van der Waals surface area contributed by atoms with Gasteiger partial charge in [-0.1, -0.05) is 38.7 Å². The van der Waals surface area contributed by atoms with E-state index >= 15 is 0 Å². The Morgan fingerprint density at radius 3 is 2.19 bits per heavy atom. The van der Waals surface area contributed by atoms with Crippen LogP contribution in [-0.4, -0.2) is 5.91 Å². The molecule has 0 atom stereocenters. The highest BCUT2D eigenvalue weighted by Gasteiger charge is 2.14. The molecule has 0 aliphatic rings. The van der Waals surface area contributed by atoms with Gasteiger partial charge in [-0.15, -0.1) is 0 Å². The standard InChI is InChI=1S/C13H18FNO/c1-4-7-10(12(14)9-6-3)11(8-5-2)13(15)16/h4,7-9H,1,5-6H2,2-3H3,(H2,15,16)/b10-7-,11-8+,12-9+. The number of rotatable bonds is 6. The lowest BCUT2D eigenvalue weighted by atomic mass is 10.0. The average molecular weight is 223 g/mol. The van der Waals surface area contributed by atoms with Crippen molar-refractivity contribution in [2.75, 3.05) is 0 Å². The second-order valence-electron chi connectivity index (χ2n) is 3.17. The molecule has 0 radical (unpaired) electrons. The Morgan fingerprint density at radius 2 is 1.81 bits per heavy atom. The molecule has 0 heterocycles. The van der Waals surface area contributed by atoms with E-state index in [-0.39, 0.29) is 11.1 Å². The Kier molecular flexibility index (Phi) is 6.84. The van der Waals surface area contributed by atoms with Crippen molar-refractivity contribution in [2.45, 2.75) is 26.7 Å². The van der Waals surface area contributed by atoms with E-state index in [4.69, 9.17) is 5.73 Å². The summed E-state index contributed by atoms with van der Waals surface area (Å²) >= 11 is 0. The van der Waals surface area contributed by atoms with Crippen molar-refractivity contribution in [3.05, 3.63) is 47.9 Å². The summed E-state index contributed by atoms with van der Waals surface area (Å²) in [6, 6.07) is 0. The minimum Gasteiger partial charge on any atom is -0.366 e. The van der Waals surface area contributed by atoms with Crippen LogP contribution in [0.1, 0.15) is 26.7 Å². The molecule has 0 bridgehead atoms. The third-order valence-corrected chi connectivity index (χ3v) is 1.89. The highest BCUT2D eigenvalue weighted by molar-refractivity contribution is 5.97. The predicted octanol–water partition coefficient (Wildman–Crippen LogP) is 3.18. The van der Waals surface area contributed by atoms with Gasteiger partial charge < -0.3 is 5.73 Å². The number of carbonyl (C=O) groups is 1. The highest BCUT2D eigenvalue weighted by Crippen LogP contribution is 2.21. The maximum Gasteiger partial charge on any atom is 0.249 e. The van der Waals surface area contributed by atoms with Crippen LogP contribution in [0.3, 0.4) is 0 Å². The largest absolute Gasteiger partial charge is 0.366 e. The van der Waals surface area contributed by atoms with Crippen LogP contribution in [0.2, 0.25) is 0 Å². The Morgan fingerprint density at radius 1 is 1.25 bits per heavy atom. The summed E-state index contributed by atoms with van der Waals surface area (Å²) in [7, 11) is 0. The minimum atomic E-state index is -0.630. The molecule has 2 N–H and O–H groups in total. The first-order valence-electron chi connectivity index (χ1n) is 5.27. The average Bonchev–Trinajstić information content (AvgIpc) is 2.23. The fourth-order valence-corrected chi connectivity index (χ4v) is 1.25. The van der Waals surface area contributed by atoms with E-state index in [9.17, 15) is 9.18 Å². The summed E-state index contributed by atoms with van der Waals surface area (Å²) in [6.07, 6.45) is 7.08. The van der Waals surface area contributed by atoms with Gasteiger partial charge in [0.15, 0.2) is 0 Å². The summed E-state index contributed by atoms with van der Waals surface area (Å²) in [4.78, 5) is 11.2. The number of amides is 1. The molecule has 3 heteroatoms. The zero-order chi connectivity index (χ0) is 12.6. The first-order chi connectivity index (χ1) is 7.58. The molecule has 0 unspecified atom stereocenters. The SMILES string of the molecule is C=C/C=C(C(\F)=C/CC)/C(=C\CC)C(N)=O. The van der Waals surface area contributed by atoms with Gasteiger partial charge in [-0.3, -0.25) is 4.79 Å². The van der Waals surface area contributed by atoms with Crippen LogP contribution in [0, 0.1) is 0 Å². The number of carbonyl (C=O) groups excluding carboxylic acids is 1. The summed E-state index contributed by atoms with van der Waals surface area (Å²) in [5.74, 6) is -1.07. The van der Waals surface area contributed by atoms with Crippen LogP contribution in [-0.2, 0) is 4.79 Å². The smallest absolute Gasteiger partial charge is 0.249 e. The Balaban J connectivity index is 5.43. The molecule has 0 aromatic rings. The molecule has 16 heavy (non-hydrogen) atoms. The van der Waals surface area contributed by atoms with Gasteiger partial charge in [0.1, 0.15) is 5.83 Å². The third kappa shape index (κ3) is 4.26. The van der Waals surface area contributed by atoms with Crippen LogP contribution in [0.15, 0.2) is 47.9 Å². The van der Waals surface area contributed by atoms with Crippen LogP contribution in [0.5, 0.6) is 0 Å². The van der Waals surface area contributed by atoms with E-state index in [1.807, 2.05) is 13.8 Å². The van der Waals surface area contributed by atoms with E-state index in [0.29, 0.717) is 12.8 Å². The van der Waals surface area contributed by atoms with Crippen molar-refractivity contribution in [3.8, 4) is 0 Å². The molecular weight excluding hydrogens is 205 g/mol. The molecule has 0 aromatic carbocycles. The van der Waals surface area contributed by atoms with Gasteiger partial charge in [-0.2, -0.15) is 0 Å². The van der Waals surface area contributed by atoms with Crippen LogP contribution in [0.25, 0.3) is 0 Å². The topological polar surface area (TPSA) is 43.1 Å². The van der Waals surface area contributed by atoms with Crippen molar-refractivity contribution in [2.24, 2.45) is 5.73 Å². The van der Waals surface area contributed by atoms with Crippen molar-refractivity contribution >= 4 is 5.91 Å². The van der Waals surface area contributed by atoms with E-state index in [1.54, 1.807) is 6.08 Å². The molecule has 2 nitrogen and oxygen atoms in total. The lowest BCUT2D eigenvalue weighted by Crippen LogP contribution is -2.16. The highest BCUT2D eigenvalue weighted by atomic mass is 19.1. The van der Waals surface area contributed by atoms with Crippen LogP contribution < -0.4 is 5.73 Å². The molecule has 0 aromatic heterocycles. The lowest BCUT2D eigenvalue weighted by Gasteiger charge is -2.06. The second-order valence-corrected chi connectivity index (χ2v) is 3.17. The van der Waals surface area contributed by atoms with E-state index in [0.717, 1.165) is 0 Å². The number of hydrogen-bond acceptors (Lipinski definition) is 1. The second kappa shape index (κ2) is 7.63. The van der Waals surface area contributed by atoms with Crippen molar-refractivity contribution < 1.29 is 9.18 Å². The minimum absolute atomic E-state index is 0.199. The molecule has 0 aliphatic carbocycles. The summed E-state index contributed by atoms with van der Waals surface area (Å²) < 4.78 is 13.7. The third-order valence-electron chi connectivity index (χ3n) is 1.89. The summed E-state index contributed by atoms with van der Waals surface area (Å²) in [6.45, 7) is 7.17. The Labute approximate surface area is 96.0 Å². The van der Waals surface area contributed by atoms with Gasteiger partial charge in [0.2, 0.25) is 5.91 Å². The van der Waals surface area contributed by atoms with Crippen molar-refractivity contribution in [1.82, 2.24) is 0 Å². The van der Waals surface area contributed by atoms with Gasteiger partial charge in [0.05, 0.1) is 0 Å². The van der Waals surface area contributed by atoms with Crippen molar-refractivity contribution in [1.29, 1.82) is 0 Å². The normalized spacial score (nSPS) is 13.8. The van der Waals surface area contributed by atoms with Crippen molar-refractivity contribution in [3.63, 3.8) is 0 Å². The van der Waals surface area contributed by atoms with Crippen LogP contribution >= 0.6 is 0 Å². The molecular formula is C13H18FNO. The zero-order valence-electron chi connectivity index (χ0n) is 9.79. The fourth-order valence-electron chi connectivity index (χ4n) is 1.25. The molecule has 0 saturated heterocycles. The molecule has 0 rings (SSSR count). The van der Waals surface area contributed by atoms with Gasteiger partial charge >= 0.3 is 0 Å². The van der Waals surface area contributed by atoms with E-state index in [2.05, 4.69) is 6.58 Å². The predicted molar refractivity (Wildman–Crippen MR) is 65.3 cm³/mol. The first kappa shape index (κ1) is 14.4. The van der Waals surface area contributed by atoms with E-state index < -0.39 is 11.7 Å². The molecule has 0 spiro atoms. The van der Waals surface area contributed by atoms with Gasteiger partial charge in [0, 0.05) is 11.1 Å². The number of nitrogens with two attached hydrogens (primary N) is 1. The maximum atomic E-state index is 13.7. The van der Waals surface area contributed by atoms with Crippen LogP contribution in [0.4, 0.5) is 4.39 Å². The van der Waals surface area contributed by atoms with Gasteiger partial charge in [-0.05, 0) is 18.9 Å². The molecule has 0 fully saturated rings. The Hall–Kier alpha value is -1.64. The number of allylic oxidation sites excluding steroid dienone is 5. The zero-order valence-corrected chi connectivity index (χ0v) is 9.79. The first-order valence-corrected chi connectivity index (χ1v) is 5.27. The maximum absolute atomic E-state index is 13.7. The fraction of sp³-hybridized carbons (Fsp3) is 0.308. The monoisotopic (exact) mass is 223 g/mol. The quantitative estimate of drug-likeness (QED) is 0.545. The summed E-state index contributed by atoms with van der Waals surface area (Å²) in [5.41, 5.74) is 5.61. The van der Waals surface area contributed by atoms with Gasteiger partial charge in [0.25, 0.3) is 0 Å². The lowest BCUT2D eigenvalue weighted by molar-refractivity contribution is -0.114. The number of primary amides is 1. The molecule has 0 saturated carbocycles. The Bertz CT molecular complexity index is 351.